The van der Waals surface area contributed by atoms with Gasteiger partial charge in [-0.15, -0.1) is 0 Å². The fourth-order valence-corrected chi connectivity index (χ4v) is 3.41. The fraction of sp³-hybridized carbons (Fsp3) is 0.500. The van der Waals surface area contributed by atoms with Gasteiger partial charge in [-0.1, -0.05) is 48.7 Å². The summed E-state index contributed by atoms with van der Waals surface area (Å²) in [6.07, 6.45) is 1.14. The Morgan fingerprint density at radius 2 is 1.65 bits per heavy atom. The molecule has 0 saturated carbocycles. The van der Waals surface area contributed by atoms with Crippen molar-refractivity contribution >= 4 is 46.7 Å². The summed E-state index contributed by atoms with van der Waals surface area (Å²) >= 11 is 17.9. The SMILES string of the molecule is CC(C)C(=O)N1CCC(C(=O)Oc2c(Cl)cc(Cl)cc2Cl)CC1. The van der Waals surface area contributed by atoms with E-state index in [4.69, 9.17) is 39.5 Å². The van der Waals surface area contributed by atoms with Gasteiger partial charge in [0.2, 0.25) is 5.91 Å². The molecular formula is C16H18Cl3NO3. The van der Waals surface area contributed by atoms with Gasteiger partial charge in [-0.25, -0.2) is 0 Å². The molecule has 0 radical (unpaired) electrons. The molecule has 0 spiro atoms. The van der Waals surface area contributed by atoms with Crippen LogP contribution in [0.2, 0.25) is 15.1 Å². The van der Waals surface area contributed by atoms with Gasteiger partial charge in [0.1, 0.15) is 0 Å². The molecule has 0 bridgehead atoms. The second-order valence-corrected chi connectivity index (χ2v) is 7.12. The van der Waals surface area contributed by atoms with Gasteiger partial charge in [0.05, 0.1) is 16.0 Å². The van der Waals surface area contributed by atoms with Crippen LogP contribution in [0.1, 0.15) is 26.7 Å². The van der Waals surface area contributed by atoms with Crippen molar-refractivity contribution in [2.24, 2.45) is 11.8 Å². The highest BCUT2D eigenvalue weighted by atomic mass is 35.5. The van der Waals surface area contributed by atoms with Crippen LogP contribution in [-0.4, -0.2) is 29.9 Å². The zero-order chi connectivity index (χ0) is 17.1. The van der Waals surface area contributed by atoms with Crippen LogP contribution in [0.3, 0.4) is 0 Å². The molecule has 1 amide bonds. The molecule has 0 unspecified atom stereocenters. The van der Waals surface area contributed by atoms with Gasteiger partial charge in [-0.05, 0) is 25.0 Å². The van der Waals surface area contributed by atoms with Crippen LogP contribution in [-0.2, 0) is 9.59 Å². The van der Waals surface area contributed by atoms with Gasteiger partial charge in [0.15, 0.2) is 5.75 Å². The Hall–Kier alpha value is -0.970. The predicted octanol–water partition coefficient (Wildman–Crippen LogP) is 4.45. The Labute approximate surface area is 150 Å². The number of benzene rings is 1. The van der Waals surface area contributed by atoms with Gasteiger partial charge >= 0.3 is 5.97 Å². The number of hydrogen-bond acceptors (Lipinski definition) is 3. The largest absolute Gasteiger partial charge is 0.423 e. The molecule has 4 nitrogen and oxygen atoms in total. The van der Waals surface area contributed by atoms with Crippen LogP contribution in [0, 0.1) is 11.8 Å². The first kappa shape index (κ1) is 18.4. The smallest absolute Gasteiger partial charge is 0.314 e. The van der Waals surface area contributed by atoms with Crippen molar-refractivity contribution in [1.29, 1.82) is 0 Å². The lowest BCUT2D eigenvalue weighted by atomic mass is 9.96. The van der Waals surface area contributed by atoms with Crippen LogP contribution < -0.4 is 4.74 Å². The monoisotopic (exact) mass is 377 g/mol. The van der Waals surface area contributed by atoms with Crippen LogP contribution in [0.25, 0.3) is 0 Å². The van der Waals surface area contributed by atoms with Crippen molar-refractivity contribution in [3.63, 3.8) is 0 Å². The molecule has 0 aliphatic carbocycles. The average molecular weight is 379 g/mol. The molecule has 1 aliphatic heterocycles. The fourth-order valence-electron chi connectivity index (χ4n) is 2.51. The summed E-state index contributed by atoms with van der Waals surface area (Å²) in [6, 6.07) is 2.95. The number of halogens is 3. The molecule has 2 rings (SSSR count). The Bertz CT molecular complexity index is 588. The van der Waals surface area contributed by atoms with E-state index >= 15 is 0 Å². The van der Waals surface area contributed by atoms with Gasteiger partial charge in [-0.3, -0.25) is 9.59 Å². The lowest BCUT2D eigenvalue weighted by molar-refractivity contribution is -0.144. The third-order valence-electron chi connectivity index (χ3n) is 3.80. The number of rotatable bonds is 3. The predicted molar refractivity (Wildman–Crippen MR) is 91.2 cm³/mol. The van der Waals surface area contributed by atoms with E-state index in [1.165, 1.54) is 12.1 Å². The Kier molecular flexibility index (Phi) is 6.18. The Morgan fingerprint density at radius 3 is 2.13 bits per heavy atom. The van der Waals surface area contributed by atoms with Crippen molar-refractivity contribution in [2.75, 3.05) is 13.1 Å². The summed E-state index contributed by atoms with van der Waals surface area (Å²) in [5.41, 5.74) is 0. The van der Waals surface area contributed by atoms with E-state index in [0.717, 1.165) is 0 Å². The molecule has 0 atom stereocenters. The van der Waals surface area contributed by atoms with Crippen molar-refractivity contribution in [3.8, 4) is 5.75 Å². The minimum absolute atomic E-state index is 0.0369. The lowest BCUT2D eigenvalue weighted by Gasteiger charge is -2.32. The minimum atomic E-state index is -0.382. The number of nitrogens with zero attached hydrogens (tertiary/aromatic N) is 1. The summed E-state index contributed by atoms with van der Waals surface area (Å²) in [4.78, 5) is 26.0. The standard InChI is InChI=1S/C16H18Cl3NO3/c1-9(2)15(21)20-5-3-10(4-6-20)16(22)23-14-12(18)7-11(17)8-13(14)19/h7-10H,3-6H2,1-2H3. The average Bonchev–Trinajstić information content (AvgIpc) is 2.50. The summed E-state index contributed by atoms with van der Waals surface area (Å²) in [5.74, 6) is -0.448. The van der Waals surface area contributed by atoms with E-state index in [-0.39, 0.29) is 39.5 Å². The molecule has 0 N–H and O–H groups in total. The molecule has 7 heteroatoms. The van der Waals surface area contributed by atoms with E-state index in [1.54, 1.807) is 4.90 Å². The first-order valence-corrected chi connectivity index (χ1v) is 8.58. The highest BCUT2D eigenvalue weighted by Crippen LogP contribution is 2.36. The number of hydrogen-bond donors (Lipinski definition) is 0. The maximum Gasteiger partial charge on any atom is 0.314 e. The van der Waals surface area contributed by atoms with Gasteiger partial charge < -0.3 is 9.64 Å². The van der Waals surface area contributed by atoms with Crippen molar-refractivity contribution in [3.05, 3.63) is 27.2 Å². The molecule has 1 aromatic rings. The maximum atomic E-state index is 12.3. The number of likely N-dealkylation sites (tertiary alicyclic amines) is 1. The second-order valence-electron chi connectivity index (χ2n) is 5.87. The van der Waals surface area contributed by atoms with Gasteiger partial charge in [-0.2, -0.15) is 0 Å². The summed E-state index contributed by atoms with van der Waals surface area (Å²) in [6.45, 7) is 4.85. The topological polar surface area (TPSA) is 46.6 Å². The zero-order valence-electron chi connectivity index (χ0n) is 12.9. The normalized spacial score (nSPS) is 15.8. The zero-order valence-corrected chi connectivity index (χ0v) is 15.2. The van der Waals surface area contributed by atoms with E-state index in [2.05, 4.69) is 0 Å². The highest BCUT2D eigenvalue weighted by molar-refractivity contribution is 6.40. The third kappa shape index (κ3) is 4.52. The van der Waals surface area contributed by atoms with E-state index in [1.807, 2.05) is 13.8 Å². The number of piperidine rings is 1. The van der Waals surface area contributed by atoms with Gasteiger partial charge in [0, 0.05) is 24.0 Å². The van der Waals surface area contributed by atoms with Crippen LogP contribution >= 0.6 is 34.8 Å². The van der Waals surface area contributed by atoms with Crippen LogP contribution in [0.4, 0.5) is 0 Å². The number of carbonyl (C=O) groups excluding carboxylic acids is 2. The summed E-state index contributed by atoms with van der Waals surface area (Å²) < 4.78 is 5.35. The molecule has 1 aliphatic rings. The van der Waals surface area contributed by atoms with Crippen molar-refractivity contribution in [2.45, 2.75) is 26.7 Å². The second kappa shape index (κ2) is 7.73. The molecule has 1 fully saturated rings. The van der Waals surface area contributed by atoms with E-state index in [9.17, 15) is 9.59 Å². The molecule has 23 heavy (non-hydrogen) atoms. The summed E-state index contributed by atoms with van der Waals surface area (Å²) in [7, 11) is 0. The van der Waals surface area contributed by atoms with Crippen molar-refractivity contribution in [1.82, 2.24) is 4.90 Å². The molecule has 1 heterocycles. The van der Waals surface area contributed by atoms with Gasteiger partial charge in [0.25, 0.3) is 0 Å². The van der Waals surface area contributed by atoms with E-state index < -0.39 is 0 Å². The molecule has 1 aromatic carbocycles. The number of ether oxygens (including phenoxy) is 1. The lowest BCUT2D eigenvalue weighted by Crippen LogP contribution is -2.42. The van der Waals surface area contributed by atoms with E-state index in [0.29, 0.717) is 31.0 Å². The van der Waals surface area contributed by atoms with Crippen molar-refractivity contribution < 1.29 is 14.3 Å². The third-order valence-corrected chi connectivity index (χ3v) is 4.58. The maximum absolute atomic E-state index is 12.3. The Morgan fingerprint density at radius 1 is 1.13 bits per heavy atom. The highest BCUT2D eigenvalue weighted by Gasteiger charge is 2.30. The Balaban J connectivity index is 1.97. The first-order chi connectivity index (χ1) is 10.8. The molecule has 1 saturated heterocycles. The summed E-state index contributed by atoms with van der Waals surface area (Å²) in [5, 5.41) is 0.770. The minimum Gasteiger partial charge on any atom is -0.423 e. The quantitative estimate of drug-likeness (QED) is 0.577. The number of carbonyl (C=O) groups is 2. The molecular weight excluding hydrogens is 361 g/mol. The first-order valence-electron chi connectivity index (χ1n) is 7.44. The van der Waals surface area contributed by atoms with Crippen LogP contribution in [0.5, 0.6) is 5.75 Å². The number of amides is 1. The number of esters is 1. The van der Waals surface area contributed by atoms with Crippen LogP contribution in [0.15, 0.2) is 12.1 Å². The molecule has 0 aromatic heterocycles. The molecule has 126 valence electrons.